The Labute approximate surface area is 163 Å². The van der Waals surface area contributed by atoms with Crippen LogP contribution in [0.25, 0.3) is 10.8 Å². The number of anilines is 2. The normalized spacial score (nSPS) is 18.5. The monoisotopic (exact) mass is 371 g/mol. The van der Waals surface area contributed by atoms with Crippen molar-refractivity contribution in [3.05, 3.63) is 77.9 Å². The highest BCUT2D eigenvalue weighted by atomic mass is 16.5. The molecule has 2 atom stereocenters. The molecule has 6 nitrogen and oxygen atoms in total. The predicted octanol–water partition coefficient (Wildman–Crippen LogP) is 4.17. The van der Waals surface area contributed by atoms with Crippen molar-refractivity contribution in [1.29, 1.82) is 0 Å². The topological polar surface area (TPSA) is 78.0 Å². The van der Waals surface area contributed by atoms with Crippen molar-refractivity contribution >= 4 is 22.7 Å². The van der Waals surface area contributed by atoms with Gasteiger partial charge in [0.2, 0.25) is 11.9 Å². The van der Waals surface area contributed by atoms with Crippen LogP contribution in [0.1, 0.15) is 29.6 Å². The number of nitrogens with zero attached hydrogens (tertiary/aromatic N) is 3. The Hall–Kier alpha value is -3.54. The lowest BCUT2D eigenvalue weighted by molar-refractivity contribution is 0.410. The molecule has 1 aromatic heterocycles. The van der Waals surface area contributed by atoms with Gasteiger partial charge in [0.05, 0.1) is 19.2 Å². The van der Waals surface area contributed by atoms with Crippen LogP contribution in [-0.2, 0) is 0 Å². The molecule has 1 aliphatic heterocycles. The van der Waals surface area contributed by atoms with Crippen molar-refractivity contribution in [3.63, 3.8) is 0 Å². The highest BCUT2D eigenvalue weighted by Crippen LogP contribution is 2.40. The van der Waals surface area contributed by atoms with Gasteiger partial charge in [0, 0.05) is 0 Å². The fourth-order valence-electron chi connectivity index (χ4n) is 4.07. The highest BCUT2D eigenvalue weighted by molar-refractivity contribution is 5.86. The van der Waals surface area contributed by atoms with Crippen molar-refractivity contribution < 1.29 is 4.74 Å². The summed E-state index contributed by atoms with van der Waals surface area (Å²) in [5.74, 6) is 1.81. The van der Waals surface area contributed by atoms with E-state index in [1.54, 1.807) is 7.11 Å². The van der Waals surface area contributed by atoms with Gasteiger partial charge in [-0.1, -0.05) is 54.6 Å². The fraction of sp³-hybridized carbons (Fsp3) is 0.182. The SMILES string of the molecule is COc1cccc([C@H]2C[C@@H](c3cccc4ccccc34)n3nc(N)nc3N2)c1. The quantitative estimate of drug-likeness (QED) is 0.565. The Morgan fingerprint density at radius 2 is 1.89 bits per heavy atom. The highest BCUT2D eigenvalue weighted by Gasteiger charge is 2.31. The van der Waals surface area contributed by atoms with Crippen LogP contribution in [-0.4, -0.2) is 21.9 Å². The Bertz CT molecular complexity index is 1150. The number of hydrogen-bond acceptors (Lipinski definition) is 5. The summed E-state index contributed by atoms with van der Waals surface area (Å²) in [6.45, 7) is 0. The molecule has 2 heterocycles. The summed E-state index contributed by atoms with van der Waals surface area (Å²) in [7, 11) is 1.68. The van der Waals surface area contributed by atoms with E-state index in [2.05, 4.69) is 70.0 Å². The molecule has 0 unspecified atom stereocenters. The predicted molar refractivity (Wildman–Crippen MR) is 110 cm³/mol. The number of benzene rings is 3. The molecule has 28 heavy (non-hydrogen) atoms. The Kier molecular flexibility index (Phi) is 3.90. The van der Waals surface area contributed by atoms with Crippen LogP contribution >= 0.6 is 0 Å². The van der Waals surface area contributed by atoms with Crippen LogP contribution in [0, 0.1) is 0 Å². The second-order valence-corrected chi connectivity index (χ2v) is 7.03. The van der Waals surface area contributed by atoms with Gasteiger partial charge in [-0.15, -0.1) is 5.10 Å². The molecule has 0 amide bonds. The third-order valence-corrected chi connectivity index (χ3v) is 5.38. The zero-order valence-corrected chi connectivity index (χ0v) is 15.5. The standard InChI is InChI=1S/C22H21N5O/c1-28-16-9-4-8-15(12-16)19-13-20(27-22(24-19)25-21(23)26-27)18-11-5-7-14-6-2-3-10-17(14)18/h2-12,19-20H,13H2,1H3,(H3,23,24,25,26)/t19-,20+/m1/s1. The van der Waals surface area contributed by atoms with E-state index >= 15 is 0 Å². The maximum absolute atomic E-state index is 5.94. The Morgan fingerprint density at radius 1 is 1.07 bits per heavy atom. The number of methoxy groups -OCH3 is 1. The molecule has 0 bridgehead atoms. The largest absolute Gasteiger partial charge is 0.497 e. The first kappa shape index (κ1) is 16.6. The van der Waals surface area contributed by atoms with E-state index in [0.717, 1.165) is 17.7 Å². The van der Waals surface area contributed by atoms with E-state index in [9.17, 15) is 0 Å². The molecule has 3 aromatic carbocycles. The molecule has 5 rings (SSSR count). The number of hydrogen-bond donors (Lipinski definition) is 2. The van der Waals surface area contributed by atoms with Gasteiger partial charge in [0.15, 0.2) is 0 Å². The van der Waals surface area contributed by atoms with E-state index in [1.165, 1.54) is 16.3 Å². The number of nitrogen functional groups attached to an aromatic ring is 1. The van der Waals surface area contributed by atoms with Crippen LogP contribution in [0.3, 0.4) is 0 Å². The number of rotatable bonds is 3. The molecule has 6 heteroatoms. The Balaban J connectivity index is 1.63. The molecule has 0 radical (unpaired) electrons. The summed E-state index contributed by atoms with van der Waals surface area (Å²) in [4.78, 5) is 4.41. The van der Waals surface area contributed by atoms with Crippen molar-refractivity contribution in [1.82, 2.24) is 14.8 Å². The molecule has 4 aromatic rings. The summed E-state index contributed by atoms with van der Waals surface area (Å²) in [5, 5.41) is 10.4. The van der Waals surface area contributed by atoms with E-state index < -0.39 is 0 Å². The first-order chi connectivity index (χ1) is 13.7. The molecule has 0 saturated carbocycles. The van der Waals surface area contributed by atoms with Gasteiger partial charge < -0.3 is 15.8 Å². The lowest BCUT2D eigenvalue weighted by Gasteiger charge is -2.32. The lowest BCUT2D eigenvalue weighted by Crippen LogP contribution is -2.28. The minimum absolute atomic E-state index is 0.0309. The second kappa shape index (κ2) is 6.56. The van der Waals surface area contributed by atoms with Crippen molar-refractivity contribution in [2.24, 2.45) is 0 Å². The van der Waals surface area contributed by atoms with E-state index in [-0.39, 0.29) is 18.0 Å². The number of nitrogens with two attached hydrogens (primary N) is 1. The smallest absolute Gasteiger partial charge is 0.241 e. The molecule has 3 N–H and O–H groups in total. The van der Waals surface area contributed by atoms with Crippen LogP contribution < -0.4 is 15.8 Å². The maximum Gasteiger partial charge on any atom is 0.241 e. The van der Waals surface area contributed by atoms with E-state index in [1.807, 2.05) is 16.8 Å². The number of aromatic nitrogens is 3. The van der Waals surface area contributed by atoms with Crippen LogP contribution in [0.15, 0.2) is 66.7 Å². The number of nitrogens with one attached hydrogen (secondary N) is 1. The van der Waals surface area contributed by atoms with Gasteiger partial charge in [0.1, 0.15) is 5.75 Å². The summed E-state index contributed by atoms with van der Waals surface area (Å²) >= 11 is 0. The molecule has 140 valence electrons. The van der Waals surface area contributed by atoms with E-state index in [0.29, 0.717) is 5.95 Å². The average molecular weight is 371 g/mol. The van der Waals surface area contributed by atoms with Gasteiger partial charge in [-0.2, -0.15) is 4.98 Å². The van der Waals surface area contributed by atoms with Gasteiger partial charge in [-0.25, -0.2) is 4.68 Å². The number of fused-ring (bicyclic) bond motifs is 2. The van der Waals surface area contributed by atoms with Crippen molar-refractivity contribution in [3.8, 4) is 5.75 Å². The van der Waals surface area contributed by atoms with Gasteiger partial charge in [-0.05, 0) is 40.5 Å². The zero-order chi connectivity index (χ0) is 19.1. The van der Waals surface area contributed by atoms with Crippen molar-refractivity contribution in [2.75, 3.05) is 18.2 Å². The molecule has 0 aliphatic carbocycles. The minimum atomic E-state index is 0.0309. The van der Waals surface area contributed by atoms with Gasteiger partial charge >= 0.3 is 0 Å². The molecular formula is C22H21N5O. The second-order valence-electron chi connectivity index (χ2n) is 7.03. The molecule has 0 fully saturated rings. The van der Waals surface area contributed by atoms with E-state index in [4.69, 9.17) is 10.5 Å². The molecule has 0 saturated heterocycles. The third-order valence-electron chi connectivity index (χ3n) is 5.38. The summed E-state index contributed by atoms with van der Waals surface area (Å²) in [5.41, 5.74) is 8.31. The van der Waals surface area contributed by atoms with Crippen LogP contribution in [0.4, 0.5) is 11.9 Å². The summed E-state index contributed by atoms with van der Waals surface area (Å²) < 4.78 is 7.32. The van der Waals surface area contributed by atoms with Gasteiger partial charge in [-0.3, -0.25) is 0 Å². The van der Waals surface area contributed by atoms with Gasteiger partial charge in [0.25, 0.3) is 0 Å². The zero-order valence-electron chi connectivity index (χ0n) is 15.5. The molecule has 0 spiro atoms. The average Bonchev–Trinajstić information content (AvgIpc) is 3.13. The van der Waals surface area contributed by atoms with Crippen molar-refractivity contribution in [2.45, 2.75) is 18.5 Å². The minimum Gasteiger partial charge on any atom is -0.497 e. The molecular weight excluding hydrogens is 350 g/mol. The number of ether oxygens (including phenoxy) is 1. The maximum atomic E-state index is 5.94. The lowest BCUT2D eigenvalue weighted by atomic mass is 9.90. The van der Waals surface area contributed by atoms with Crippen LogP contribution in [0.5, 0.6) is 5.75 Å². The molecule has 1 aliphatic rings. The summed E-state index contributed by atoms with van der Waals surface area (Å²) in [6, 6.07) is 23.1. The fourth-order valence-corrected chi connectivity index (χ4v) is 4.07. The first-order valence-electron chi connectivity index (χ1n) is 9.33. The Morgan fingerprint density at radius 3 is 2.79 bits per heavy atom. The van der Waals surface area contributed by atoms with Crippen LogP contribution in [0.2, 0.25) is 0 Å². The third kappa shape index (κ3) is 2.74. The first-order valence-corrected chi connectivity index (χ1v) is 9.33. The summed E-state index contributed by atoms with van der Waals surface area (Å²) in [6.07, 6.45) is 0.830.